The SMILES string of the molecule is O=S([O-])c1cccc2sc(C(Cl)(Cl)Cl)nc12. The lowest BCUT2D eigenvalue weighted by atomic mass is 10.3. The Morgan fingerprint density at radius 2 is 2.06 bits per heavy atom. The third-order valence-electron chi connectivity index (χ3n) is 1.80. The minimum absolute atomic E-state index is 0.106. The van der Waals surface area contributed by atoms with Gasteiger partial charge < -0.3 is 4.55 Å². The Morgan fingerprint density at radius 3 is 2.62 bits per heavy atom. The highest BCUT2D eigenvalue weighted by Gasteiger charge is 2.27. The molecular weight excluding hydrogens is 313 g/mol. The van der Waals surface area contributed by atoms with Crippen molar-refractivity contribution in [2.45, 2.75) is 8.69 Å². The van der Waals surface area contributed by atoms with E-state index in [-0.39, 0.29) is 9.90 Å². The molecule has 86 valence electrons. The average Bonchev–Trinajstić information content (AvgIpc) is 2.59. The molecule has 0 saturated heterocycles. The van der Waals surface area contributed by atoms with Crippen LogP contribution in [0.15, 0.2) is 23.1 Å². The summed E-state index contributed by atoms with van der Waals surface area (Å²) in [6.07, 6.45) is 0. The first-order valence-electron chi connectivity index (χ1n) is 3.95. The lowest BCUT2D eigenvalue weighted by Crippen LogP contribution is -1.98. The first-order valence-corrected chi connectivity index (χ1v) is 6.98. The van der Waals surface area contributed by atoms with E-state index in [9.17, 15) is 8.76 Å². The second-order valence-corrected chi connectivity index (χ2v) is 7.08. The van der Waals surface area contributed by atoms with E-state index in [1.807, 2.05) is 0 Å². The molecule has 1 atom stereocenters. The maximum atomic E-state index is 10.9. The molecule has 0 amide bonds. The molecule has 3 nitrogen and oxygen atoms in total. The number of thiazole rings is 1. The number of alkyl halides is 3. The Morgan fingerprint density at radius 1 is 1.38 bits per heavy atom. The molecular formula is C8H3Cl3NO2S2-. The molecule has 0 bridgehead atoms. The third kappa shape index (κ3) is 2.34. The second kappa shape index (κ2) is 4.40. The van der Waals surface area contributed by atoms with Gasteiger partial charge in [0.25, 0.3) is 0 Å². The van der Waals surface area contributed by atoms with E-state index < -0.39 is 14.9 Å². The molecule has 0 spiro atoms. The van der Waals surface area contributed by atoms with Crippen molar-refractivity contribution in [2.75, 3.05) is 0 Å². The van der Waals surface area contributed by atoms with Gasteiger partial charge in [0.2, 0.25) is 3.79 Å². The van der Waals surface area contributed by atoms with Gasteiger partial charge in [-0.2, -0.15) is 0 Å². The number of fused-ring (bicyclic) bond motifs is 1. The highest BCUT2D eigenvalue weighted by atomic mass is 35.6. The summed E-state index contributed by atoms with van der Waals surface area (Å²) in [4.78, 5) is 4.14. The Hall–Kier alpha value is 0.0900. The summed E-state index contributed by atoms with van der Waals surface area (Å²) >= 11 is 15.9. The molecule has 0 saturated carbocycles. The van der Waals surface area contributed by atoms with Crippen molar-refractivity contribution in [1.29, 1.82) is 0 Å². The van der Waals surface area contributed by atoms with E-state index in [0.717, 1.165) is 11.3 Å². The molecule has 0 fully saturated rings. The lowest BCUT2D eigenvalue weighted by molar-refractivity contribution is 0.538. The second-order valence-electron chi connectivity index (χ2n) is 2.85. The van der Waals surface area contributed by atoms with Gasteiger partial charge in [0.15, 0.2) is 0 Å². The number of para-hydroxylation sites is 1. The van der Waals surface area contributed by atoms with Crippen molar-refractivity contribution in [3.05, 3.63) is 23.2 Å². The number of hydrogen-bond donors (Lipinski definition) is 0. The molecule has 0 aliphatic heterocycles. The highest BCUT2D eigenvalue weighted by Crippen LogP contribution is 2.42. The fourth-order valence-electron chi connectivity index (χ4n) is 1.18. The number of rotatable bonds is 1. The van der Waals surface area contributed by atoms with E-state index in [4.69, 9.17) is 34.8 Å². The number of benzene rings is 1. The van der Waals surface area contributed by atoms with Crippen molar-refractivity contribution in [1.82, 2.24) is 4.98 Å². The Labute approximate surface area is 113 Å². The molecule has 8 heteroatoms. The van der Waals surface area contributed by atoms with Crippen LogP contribution in [0.1, 0.15) is 5.01 Å². The molecule has 1 aromatic heterocycles. The summed E-state index contributed by atoms with van der Waals surface area (Å²) in [5.41, 5.74) is 0.335. The molecule has 0 aliphatic rings. The molecule has 2 rings (SSSR count). The zero-order valence-electron chi connectivity index (χ0n) is 7.45. The van der Waals surface area contributed by atoms with Gasteiger partial charge in [-0.25, -0.2) is 4.98 Å². The Balaban J connectivity index is 2.71. The van der Waals surface area contributed by atoms with Gasteiger partial charge in [0, 0.05) is 0 Å². The van der Waals surface area contributed by atoms with Crippen LogP contribution in [-0.4, -0.2) is 13.7 Å². The molecule has 16 heavy (non-hydrogen) atoms. The van der Waals surface area contributed by atoms with Gasteiger partial charge in [-0.15, -0.1) is 11.3 Å². The minimum Gasteiger partial charge on any atom is -0.768 e. The molecule has 0 radical (unpaired) electrons. The van der Waals surface area contributed by atoms with E-state index in [2.05, 4.69) is 4.98 Å². The van der Waals surface area contributed by atoms with Crippen molar-refractivity contribution in [3.8, 4) is 0 Å². The topological polar surface area (TPSA) is 53.0 Å². The van der Waals surface area contributed by atoms with Crippen LogP contribution >= 0.6 is 46.1 Å². The Bertz CT molecular complexity index is 564. The summed E-state index contributed by atoms with van der Waals surface area (Å²) < 4.78 is 20.9. The molecule has 2 aromatic rings. The molecule has 1 aromatic carbocycles. The summed E-state index contributed by atoms with van der Waals surface area (Å²) in [6.45, 7) is 0. The fraction of sp³-hybridized carbons (Fsp3) is 0.125. The molecule has 0 N–H and O–H groups in total. The van der Waals surface area contributed by atoms with Gasteiger partial charge >= 0.3 is 0 Å². The minimum atomic E-state index is -2.35. The van der Waals surface area contributed by atoms with Crippen molar-refractivity contribution in [2.24, 2.45) is 0 Å². The van der Waals surface area contributed by atoms with Crippen LogP contribution in [0.3, 0.4) is 0 Å². The number of hydrogen-bond acceptors (Lipinski definition) is 4. The van der Waals surface area contributed by atoms with E-state index in [0.29, 0.717) is 10.2 Å². The third-order valence-corrected chi connectivity index (χ3v) is 4.51. The van der Waals surface area contributed by atoms with Crippen LogP contribution in [0, 0.1) is 0 Å². The number of nitrogens with zero attached hydrogens (tertiary/aromatic N) is 1. The van der Waals surface area contributed by atoms with Gasteiger partial charge in [-0.05, 0) is 23.2 Å². The normalized spacial score (nSPS) is 14.2. The predicted molar refractivity (Wildman–Crippen MR) is 66.0 cm³/mol. The standard InChI is InChI=1S/C8H4Cl3NO2S2/c9-8(10,11)7-12-6-4(15-7)2-1-3-5(6)16(13)14/h1-3H,(H,13,14)/p-1. The summed E-state index contributed by atoms with van der Waals surface area (Å²) in [5.74, 6) is 0. The smallest absolute Gasteiger partial charge is 0.242 e. The van der Waals surface area contributed by atoms with Crippen molar-refractivity contribution in [3.63, 3.8) is 0 Å². The zero-order valence-corrected chi connectivity index (χ0v) is 11.3. The van der Waals surface area contributed by atoms with E-state index in [1.165, 1.54) is 6.07 Å². The van der Waals surface area contributed by atoms with Crippen LogP contribution in [-0.2, 0) is 14.9 Å². The lowest BCUT2D eigenvalue weighted by Gasteiger charge is -2.05. The average molecular weight is 316 g/mol. The number of halogens is 3. The van der Waals surface area contributed by atoms with Crippen LogP contribution in [0.2, 0.25) is 0 Å². The first kappa shape index (κ1) is 12.5. The van der Waals surface area contributed by atoms with Crippen LogP contribution in [0.5, 0.6) is 0 Å². The van der Waals surface area contributed by atoms with E-state index in [1.54, 1.807) is 12.1 Å². The van der Waals surface area contributed by atoms with Crippen molar-refractivity contribution >= 4 is 67.4 Å². The maximum Gasteiger partial charge on any atom is 0.242 e. The molecule has 1 heterocycles. The predicted octanol–water partition coefficient (Wildman–Crippen LogP) is 3.36. The van der Waals surface area contributed by atoms with E-state index >= 15 is 0 Å². The summed E-state index contributed by atoms with van der Waals surface area (Å²) in [7, 11) is 0. The zero-order chi connectivity index (χ0) is 11.9. The Kier molecular flexibility index (Phi) is 3.45. The quantitative estimate of drug-likeness (QED) is 0.599. The molecule has 0 aliphatic carbocycles. The largest absolute Gasteiger partial charge is 0.768 e. The first-order chi connectivity index (χ1) is 7.39. The summed E-state index contributed by atoms with van der Waals surface area (Å²) in [6, 6.07) is 4.80. The van der Waals surface area contributed by atoms with Gasteiger partial charge in [-0.1, -0.05) is 40.9 Å². The molecule has 1 unspecified atom stereocenters. The van der Waals surface area contributed by atoms with Gasteiger partial charge in [0.05, 0.1) is 15.1 Å². The fourth-order valence-corrected chi connectivity index (χ4v) is 3.08. The van der Waals surface area contributed by atoms with Crippen LogP contribution in [0.25, 0.3) is 10.2 Å². The number of aromatic nitrogens is 1. The van der Waals surface area contributed by atoms with Crippen molar-refractivity contribution < 1.29 is 8.76 Å². The maximum absolute atomic E-state index is 10.9. The highest BCUT2D eigenvalue weighted by molar-refractivity contribution is 7.79. The summed E-state index contributed by atoms with van der Waals surface area (Å²) in [5, 5.41) is 0.255. The van der Waals surface area contributed by atoms with Gasteiger partial charge in [0.1, 0.15) is 5.01 Å². The van der Waals surface area contributed by atoms with Gasteiger partial charge in [-0.3, -0.25) is 4.21 Å². The van der Waals surface area contributed by atoms with Crippen LogP contribution < -0.4 is 0 Å². The van der Waals surface area contributed by atoms with Crippen LogP contribution in [0.4, 0.5) is 0 Å². The monoisotopic (exact) mass is 314 g/mol.